The van der Waals surface area contributed by atoms with Crippen molar-refractivity contribution in [3.8, 4) is 5.75 Å². The first-order valence-electron chi connectivity index (χ1n) is 7.15. The molecule has 3 heterocycles. The van der Waals surface area contributed by atoms with Crippen molar-refractivity contribution in [2.45, 2.75) is 31.6 Å². The zero-order valence-corrected chi connectivity index (χ0v) is 13.7. The molecule has 9 heteroatoms. The highest BCUT2D eigenvalue weighted by Gasteiger charge is 2.46. The Morgan fingerprint density at radius 1 is 1.54 bits per heavy atom. The number of rotatable bonds is 3. The van der Waals surface area contributed by atoms with Crippen LogP contribution >= 0.6 is 11.3 Å². The number of pyridine rings is 1. The number of aromatic nitrogens is 1. The maximum Gasteiger partial charge on any atom is 0.328 e. The molecule has 2 N–H and O–H groups in total. The molecule has 8 nitrogen and oxygen atoms in total. The van der Waals surface area contributed by atoms with Crippen LogP contribution in [0.3, 0.4) is 0 Å². The molecule has 0 saturated carbocycles. The third-order valence-electron chi connectivity index (χ3n) is 3.79. The number of nitrogens with zero attached hydrogens (tertiary/aromatic N) is 2. The number of aliphatic hydroxyl groups is 1. The van der Waals surface area contributed by atoms with Gasteiger partial charge in [-0.25, -0.2) is 0 Å². The predicted molar refractivity (Wildman–Crippen MR) is 86.1 cm³/mol. The fourth-order valence-corrected chi connectivity index (χ4v) is 3.50. The monoisotopic (exact) mass is 349 g/mol. The Balaban J connectivity index is 1.96. The van der Waals surface area contributed by atoms with Crippen molar-refractivity contribution in [1.82, 2.24) is 10.3 Å². The molecule has 2 aromatic rings. The van der Waals surface area contributed by atoms with E-state index in [0.29, 0.717) is 16.2 Å². The molecule has 1 aliphatic rings. The molecule has 0 aromatic carbocycles. The summed E-state index contributed by atoms with van der Waals surface area (Å²) in [5.41, 5.74) is -0.670. The average Bonchev–Trinajstić information content (AvgIpc) is 2.95. The lowest BCUT2D eigenvalue weighted by Gasteiger charge is -2.40. The summed E-state index contributed by atoms with van der Waals surface area (Å²) < 4.78 is 5.67. The molecular formula is C15H15N3O5S. The number of carbonyl (C=O) groups is 1. The molecule has 126 valence electrons. The predicted octanol–water partition coefficient (Wildman–Crippen LogP) is 2.05. The van der Waals surface area contributed by atoms with E-state index < -0.39 is 28.6 Å². The van der Waals surface area contributed by atoms with Gasteiger partial charge < -0.3 is 15.2 Å². The highest BCUT2D eigenvalue weighted by atomic mass is 32.1. The van der Waals surface area contributed by atoms with E-state index in [2.05, 4.69) is 10.3 Å². The fraction of sp³-hybridized carbons (Fsp3) is 0.333. The van der Waals surface area contributed by atoms with Crippen molar-refractivity contribution >= 4 is 22.2 Å². The van der Waals surface area contributed by atoms with Crippen LogP contribution in [0, 0.1) is 10.1 Å². The Morgan fingerprint density at radius 2 is 2.29 bits per heavy atom. The minimum atomic E-state index is -1.07. The summed E-state index contributed by atoms with van der Waals surface area (Å²) in [5, 5.41) is 24.2. The van der Waals surface area contributed by atoms with Crippen LogP contribution < -0.4 is 10.1 Å². The third kappa shape index (κ3) is 2.83. The summed E-state index contributed by atoms with van der Waals surface area (Å²) in [6.45, 7) is 3.32. The van der Waals surface area contributed by atoms with Crippen molar-refractivity contribution < 1.29 is 19.6 Å². The molecule has 2 unspecified atom stereocenters. The van der Waals surface area contributed by atoms with Crippen molar-refractivity contribution in [3.05, 3.63) is 51.1 Å². The number of hydrogen-bond acceptors (Lipinski definition) is 7. The van der Waals surface area contributed by atoms with E-state index in [1.54, 1.807) is 32.2 Å². The molecule has 0 saturated heterocycles. The first kappa shape index (κ1) is 16.3. The van der Waals surface area contributed by atoms with Gasteiger partial charge in [0.1, 0.15) is 17.5 Å². The largest absolute Gasteiger partial charge is 0.484 e. The van der Waals surface area contributed by atoms with Gasteiger partial charge in [-0.3, -0.25) is 19.9 Å². The number of nitrogens with one attached hydrogen (secondary N) is 1. The van der Waals surface area contributed by atoms with E-state index in [9.17, 15) is 20.0 Å². The molecule has 24 heavy (non-hydrogen) atoms. The van der Waals surface area contributed by atoms with Gasteiger partial charge in [0.05, 0.1) is 27.5 Å². The Bertz CT molecular complexity index is 790. The van der Waals surface area contributed by atoms with Gasteiger partial charge in [0.25, 0.3) is 5.91 Å². The highest BCUT2D eigenvalue weighted by molar-refractivity contribution is 7.15. The van der Waals surface area contributed by atoms with Crippen LogP contribution in [0.2, 0.25) is 0 Å². The molecule has 0 spiro atoms. The summed E-state index contributed by atoms with van der Waals surface area (Å²) in [7, 11) is 0. The van der Waals surface area contributed by atoms with E-state index in [1.807, 2.05) is 0 Å². The lowest BCUT2D eigenvalue weighted by molar-refractivity contribution is -0.380. The minimum Gasteiger partial charge on any atom is -0.484 e. The van der Waals surface area contributed by atoms with Gasteiger partial charge in [-0.1, -0.05) is 11.3 Å². The van der Waals surface area contributed by atoms with Crippen LogP contribution in [0.1, 0.15) is 35.1 Å². The molecule has 2 atom stereocenters. The van der Waals surface area contributed by atoms with Crippen molar-refractivity contribution in [3.63, 3.8) is 0 Å². The maximum atomic E-state index is 12.4. The third-order valence-corrected chi connectivity index (χ3v) is 4.94. The van der Waals surface area contributed by atoms with E-state index in [4.69, 9.17) is 4.74 Å². The lowest BCUT2D eigenvalue weighted by atomic mass is 9.90. The molecule has 0 radical (unpaired) electrons. The number of nitro groups is 1. The summed E-state index contributed by atoms with van der Waals surface area (Å²) in [6.07, 6.45) is 1.89. The van der Waals surface area contributed by atoms with Crippen LogP contribution in [0.5, 0.6) is 5.75 Å². The molecule has 2 aromatic heterocycles. The van der Waals surface area contributed by atoms with Crippen molar-refractivity contribution in [2.24, 2.45) is 0 Å². The van der Waals surface area contributed by atoms with Crippen LogP contribution in [0.25, 0.3) is 0 Å². The first-order valence-corrected chi connectivity index (χ1v) is 7.97. The van der Waals surface area contributed by atoms with E-state index >= 15 is 0 Å². The standard InChI is InChI=1S/C15H15N3O5S/c1-15(2)13(19)11(17-14(20)8-4-3-5-16-7-8)12-9(23-15)6-10(24-12)18(21)22/h3-7,11,13,19H,1-2H3,(H,17,20). The zero-order chi connectivity index (χ0) is 17.5. The van der Waals surface area contributed by atoms with Gasteiger partial charge in [0, 0.05) is 12.4 Å². The number of hydrogen-bond donors (Lipinski definition) is 2. The number of amides is 1. The van der Waals surface area contributed by atoms with Gasteiger partial charge in [-0.15, -0.1) is 0 Å². The second-order valence-electron chi connectivity index (χ2n) is 5.91. The van der Waals surface area contributed by atoms with Gasteiger partial charge in [-0.05, 0) is 26.0 Å². The molecule has 1 amide bonds. The Labute approximate surface area is 141 Å². The summed E-state index contributed by atoms with van der Waals surface area (Å²) in [4.78, 5) is 27.2. The normalized spacial score (nSPS) is 21.5. The smallest absolute Gasteiger partial charge is 0.328 e. The van der Waals surface area contributed by atoms with Crippen LogP contribution in [-0.2, 0) is 0 Å². The second-order valence-corrected chi connectivity index (χ2v) is 6.98. The molecule has 1 aliphatic heterocycles. The number of aliphatic hydroxyl groups excluding tert-OH is 1. The topological polar surface area (TPSA) is 115 Å². The van der Waals surface area contributed by atoms with Gasteiger partial charge in [0.15, 0.2) is 0 Å². The number of carbonyl (C=O) groups excluding carboxylic acids is 1. The quantitative estimate of drug-likeness (QED) is 0.647. The summed E-state index contributed by atoms with van der Waals surface area (Å²) >= 11 is 0.879. The van der Waals surface area contributed by atoms with Crippen LogP contribution in [-0.4, -0.2) is 32.6 Å². The van der Waals surface area contributed by atoms with Crippen molar-refractivity contribution in [2.75, 3.05) is 0 Å². The van der Waals surface area contributed by atoms with Gasteiger partial charge in [0.2, 0.25) is 0 Å². The number of ether oxygens (including phenoxy) is 1. The first-order chi connectivity index (χ1) is 11.3. The van der Waals surface area contributed by atoms with Gasteiger partial charge in [-0.2, -0.15) is 0 Å². The fourth-order valence-electron chi connectivity index (χ4n) is 2.52. The molecule has 0 fully saturated rings. The Hall–Kier alpha value is -2.52. The number of thiophene rings is 1. The summed E-state index contributed by atoms with van der Waals surface area (Å²) in [5.74, 6) is -0.120. The number of fused-ring (bicyclic) bond motifs is 1. The highest BCUT2D eigenvalue weighted by Crippen LogP contribution is 2.47. The molecular weight excluding hydrogens is 334 g/mol. The Kier molecular flexibility index (Phi) is 3.98. The van der Waals surface area contributed by atoms with Crippen LogP contribution in [0.15, 0.2) is 30.6 Å². The zero-order valence-electron chi connectivity index (χ0n) is 12.9. The van der Waals surface area contributed by atoms with E-state index in [1.165, 1.54) is 12.3 Å². The summed E-state index contributed by atoms with van der Waals surface area (Å²) in [6, 6.07) is 3.73. The van der Waals surface area contributed by atoms with Crippen molar-refractivity contribution in [1.29, 1.82) is 0 Å². The molecule has 0 bridgehead atoms. The average molecular weight is 349 g/mol. The van der Waals surface area contributed by atoms with E-state index in [-0.39, 0.29) is 5.00 Å². The second kappa shape index (κ2) is 5.84. The lowest BCUT2D eigenvalue weighted by Crippen LogP contribution is -2.53. The minimum absolute atomic E-state index is 0.106. The molecule has 0 aliphatic carbocycles. The van der Waals surface area contributed by atoms with Gasteiger partial charge >= 0.3 is 5.00 Å². The van der Waals surface area contributed by atoms with Crippen LogP contribution in [0.4, 0.5) is 5.00 Å². The SMILES string of the molecule is CC1(C)Oc2cc([N+](=O)[O-])sc2C(NC(=O)c2cccnc2)C1O. The maximum absolute atomic E-state index is 12.4. The Morgan fingerprint density at radius 3 is 2.92 bits per heavy atom. The van der Waals surface area contributed by atoms with E-state index in [0.717, 1.165) is 11.3 Å². The molecule has 3 rings (SSSR count).